The van der Waals surface area contributed by atoms with E-state index in [0.29, 0.717) is 11.1 Å². The predicted octanol–water partition coefficient (Wildman–Crippen LogP) is 5.77. The van der Waals surface area contributed by atoms with Gasteiger partial charge < -0.3 is 0 Å². The minimum absolute atomic E-state index is 0.114. The van der Waals surface area contributed by atoms with Crippen molar-refractivity contribution in [3.8, 4) is 11.3 Å². The lowest BCUT2D eigenvalue weighted by atomic mass is 10.0. The van der Waals surface area contributed by atoms with Crippen molar-refractivity contribution >= 4 is 10.9 Å². The molecular formula is C21H15F3N2. The molecule has 0 fully saturated rings. The Kier molecular flexibility index (Phi) is 3.99. The van der Waals surface area contributed by atoms with Crippen molar-refractivity contribution < 1.29 is 13.2 Å². The first kappa shape index (κ1) is 16.4. The highest BCUT2D eigenvalue weighted by atomic mass is 19.4. The summed E-state index contributed by atoms with van der Waals surface area (Å²) in [6, 6.07) is 22.9. The first-order chi connectivity index (χ1) is 12.5. The third-order valence-electron chi connectivity index (χ3n) is 4.30. The number of hydrogen-bond donors (Lipinski definition) is 0. The third-order valence-corrected chi connectivity index (χ3v) is 4.30. The zero-order chi connectivity index (χ0) is 18.1. The van der Waals surface area contributed by atoms with Crippen LogP contribution in [0.25, 0.3) is 22.2 Å². The van der Waals surface area contributed by atoms with Crippen LogP contribution in [0.5, 0.6) is 0 Å². The molecule has 0 saturated carbocycles. The van der Waals surface area contributed by atoms with Gasteiger partial charge in [0.25, 0.3) is 0 Å². The molecule has 0 bridgehead atoms. The van der Waals surface area contributed by atoms with Gasteiger partial charge in [0.15, 0.2) is 0 Å². The molecule has 0 saturated heterocycles. The highest BCUT2D eigenvalue weighted by molar-refractivity contribution is 5.95. The molecule has 4 rings (SSSR count). The number of aromatic nitrogens is 2. The minimum Gasteiger partial charge on any atom is -0.259 e. The maximum absolute atomic E-state index is 13.6. The summed E-state index contributed by atoms with van der Waals surface area (Å²) in [5.41, 5.74) is 1.70. The largest absolute Gasteiger partial charge is 0.418 e. The zero-order valence-electron chi connectivity index (χ0n) is 13.7. The predicted molar refractivity (Wildman–Crippen MR) is 95.7 cm³/mol. The van der Waals surface area contributed by atoms with Crippen molar-refractivity contribution in [1.82, 2.24) is 9.78 Å². The van der Waals surface area contributed by atoms with E-state index < -0.39 is 11.7 Å². The van der Waals surface area contributed by atoms with Gasteiger partial charge in [0, 0.05) is 10.9 Å². The Hall–Kier alpha value is -3.08. The second kappa shape index (κ2) is 6.33. The van der Waals surface area contributed by atoms with Gasteiger partial charge in [-0.05, 0) is 11.6 Å². The molecule has 0 N–H and O–H groups in total. The minimum atomic E-state index is -4.44. The molecule has 130 valence electrons. The summed E-state index contributed by atoms with van der Waals surface area (Å²) >= 11 is 0. The van der Waals surface area contributed by atoms with Gasteiger partial charge in [0.1, 0.15) is 5.69 Å². The summed E-state index contributed by atoms with van der Waals surface area (Å²) in [7, 11) is 0. The molecule has 0 spiro atoms. The van der Waals surface area contributed by atoms with E-state index in [2.05, 4.69) is 5.10 Å². The fourth-order valence-electron chi connectivity index (χ4n) is 3.15. The van der Waals surface area contributed by atoms with Crippen LogP contribution in [0.2, 0.25) is 0 Å². The number of hydrogen-bond acceptors (Lipinski definition) is 1. The lowest BCUT2D eigenvalue weighted by Gasteiger charge is -2.11. The molecule has 4 aromatic rings. The van der Waals surface area contributed by atoms with Crippen molar-refractivity contribution in [2.75, 3.05) is 0 Å². The first-order valence-corrected chi connectivity index (χ1v) is 8.20. The van der Waals surface area contributed by atoms with E-state index in [0.717, 1.165) is 17.2 Å². The van der Waals surface area contributed by atoms with Gasteiger partial charge in [0.2, 0.25) is 0 Å². The molecule has 0 atom stereocenters. The molecule has 26 heavy (non-hydrogen) atoms. The Morgan fingerprint density at radius 2 is 1.42 bits per heavy atom. The van der Waals surface area contributed by atoms with Gasteiger partial charge >= 0.3 is 6.18 Å². The monoisotopic (exact) mass is 352 g/mol. The van der Waals surface area contributed by atoms with Crippen LogP contribution in [-0.2, 0) is 12.7 Å². The summed E-state index contributed by atoms with van der Waals surface area (Å²) in [6.07, 6.45) is -4.44. The van der Waals surface area contributed by atoms with Crippen LogP contribution >= 0.6 is 0 Å². The van der Waals surface area contributed by atoms with E-state index in [4.69, 9.17) is 0 Å². The average molecular weight is 352 g/mol. The van der Waals surface area contributed by atoms with Gasteiger partial charge in [-0.1, -0.05) is 72.8 Å². The maximum Gasteiger partial charge on any atom is 0.418 e. The Morgan fingerprint density at radius 1 is 0.769 bits per heavy atom. The van der Waals surface area contributed by atoms with Crippen LogP contribution in [0.15, 0.2) is 78.9 Å². The fourth-order valence-corrected chi connectivity index (χ4v) is 3.15. The Labute approximate surface area is 148 Å². The van der Waals surface area contributed by atoms with Crippen LogP contribution in [0, 0.1) is 0 Å². The molecule has 1 aromatic heterocycles. The van der Waals surface area contributed by atoms with Gasteiger partial charge in [-0.2, -0.15) is 18.3 Å². The number of nitrogens with zero attached hydrogens (tertiary/aromatic N) is 2. The number of alkyl halides is 3. The van der Waals surface area contributed by atoms with E-state index >= 15 is 0 Å². The highest BCUT2D eigenvalue weighted by Crippen LogP contribution is 2.38. The average Bonchev–Trinajstić information content (AvgIpc) is 3.01. The van der Waals surface area contributed by atoms with Crippen molar-refractivity contribution in [3.63, 3.8) is 0 Å². The van der Waals surface area contributed by atoms with Crippen LogP contribution < -0.4 is 0 Å². The van der Waals surface area contributed by atoms with Crippen molar-refractivity contribution in [2.45, 2.75) is 12.7 Å². The highest BCUT2D eigenvalue weighted by Gasteiger charge is 2.34. The third kappa shape index (κ3) is 2.96. The second-order valence-corrected chi connectivity index (χ2v) is 6.06. The Bertz CT molecular complexity index is 1040. The summed E-state index contributed by atoms with van der Waals surface area (Å²) < 4.78 is 42.3. The molecule has 2 nitrogen and oxygen atoms in total. The summed E-state index contributed by atoms with van der Waals surface area (Å²) in [5.74, 6) is 0. The lowest BCUT2D eigenvalue weighted by molar-refractivity contribution is -0.136. The number of halogens is 3. The maximum atomic E-state index is 13.6. The normalized spacial score (nSPS) is 11.8. The summed E-state index contributed by atoms with van der Waals surface area (Å²) in [4.78, 5) is 0. The molecule has 3 aromatic carbocycles. The number of benzene rings is 3. The fraction of sp³-hybridized carbons (Fsp3) is 0.0952. The summed E-state index contributed by atoms with van der Waals surface area (Å²) in [5, 5.41) is 5.05. The number of rotatable bonds is 3. The van der Waals surface area contributed by atoms with Gasteiger partial charge in [-0.15, -0.1) is 0 Å². The molecule has 5 heteroatoms. The molecule has 0 amide bonds. The van der Waals surface area contributed by atoms with Crippen molar-refractivity contribution in [3.05, 3.63) is 90.0 Å². The quantitative estimate of drug-likeness (QED) is 0.458. The molecular weight excluding hydrogens is 337 g/mol. The lowest BCUT2D eigenvalue weighted by Crippen LogP contribution is -2.10. The van der Waals surface area contributed by atoms with Gasteiger partial charge in [-0.3, -0.25) is 4.68 Å². The Morgan fingerprint density at radius 3 is 2.08 bits per heavy atom. The van der Waals surface area contributed by atoms with Gasteiger partial charge in [-0.25, -0.2) is 0 Å². The van der Waals surface area contributed by atoms with Crippen LogP contribution in [0.1, 0.15) is 11.1 Å². The second-order valence-electron chi connectivity index (χ2n) is 6.06. The van der Waals surface area contributed by atoms with Crippen molar-refractivity contribution in [2.24, 2.45) is 0 Å². The SMILES string of the molecule is FC(F)(F)c1cccc2c(-c3ccccc3)nn(Cc3ccccc3)c12. The van der Waals surface area contributed by atoms with Crippen LogP contribution in [-0.4, -0.2) is 9.78 Å². The zero-order valence-corrected chi connectivity index (χ0v) is 13.7. The summed E-state index contributed by atoms with van der Waals surface area (Å²) in [6.45, 7) is 0.275. The molecule has 0 aliphatic carbocycles. The molecule has 1 heterocycles. The van der Waals surface area contributed by atoms with E-state index in [1.165, 1.54) is 10.7 Å². The number of para-hydroxylation sites is 1. The van der Waals surface area contributed by atoms with Gasteiger partial charge in [0.05, 0.1) is 17.6 Å². The molecule has 0 aliphatic heterocycles. The smallest absolute Gasteiger partial charge is 0.259 e. The van der Waals surface area contributed by atoms with Crippen LogP contribution in [0.4, 0.5) is 13.2 Å². The molecule has 0 radical (unpaired) electrons. The topological polar surface area (TPSA) is 17.8 Å². The standard InChI is InChI=1S/C21H15F3N2/c22-21(23,24)18-13-7-12-17-19(16-10-5-2-6-11-16)25-26(20(17)18)14-15-8-3-1-4-9-15/h1-13H,14H2. The van der Waals surface area contributed by atoms with E-state index in [-0.39, 0.29) is 12.1 Å². The van der Waals surface area contributed by atoms with E-state index in [1.54, 1.807) is 6.07 Å². The molecule has 0 aliphatic rings. The van der Waals surface area contributed by atoms with Crippen LogP contribution in [0.3, 0.4) is 0 Å². The first-order valence-electron chi connectivity index (χ1n) is 8.20. The van der Waals surface area contributed by atoms with Crippen molar-refractivity contribution in [1.29, 1.82) is 0 Å². The number of fused-ring (bicyclic) bond motifs is 1. The molecule has 0 unspecified atom stereocenters. The van der Waals surface area contributed by atoms with E-state index in [9.17, 15) is 13.2 Å². The Balaban J connectivity index is 1.97. The van der Waals surface area contributed by atoms with E-state index in [1.807, 2.05) is 60.7 Å².